The van der Waals surface area contributed by atoms with Crippen LogP contribution in [0.4, 0.5) is 4.39 Å². The molecule has 8 heteroatoms. The third-order valence-corrected chi connectivity index (χ3v) is 6.94. The number of halogens is 1. The molecule has 0 bridgehead atoms. The second kappa shape index (κ2) is 11.6. The van der Waals surface area contributed by atoms with Gasteiger partial charge in [-0.2, -0.15) is 0 Å². The van der Waals surface area contributed by atoms with E-state index in [4.69, 9.17) is 13.8 Å². The van der Waals surface area contributed by atoms with E-state index in [9.17, 15) is 13.8 Å². The van der Waals surface area contributed by atoms with Crippen molar-refractivity contribution in [2.24, 2.45) is 5.92 Å². The number of ether oxygens (including phenoxy) is 1. The van der Waals surface area contributed by atoms with E-state index >= 15 is 0 Å². The third-order valence-electron chi connectivity index (χ3n) is 2.93. The highest BCUT2D eigenvalue weighted by Crippen LogP contribution is 2.50. The van der Waals surface area contributed by atoms with Crippen LogP contribution in [0.15, 0.2) is 30.3 Å². The smallest absolute Gasteiger partial charge is 0.340 e. The molecular weight excluding hydrogens is 354 g/mol. The molecule has 1 atom stereocenters. The molecule has 0 radical (unpaired) electrons. The first-order chi connectivity index (χ1) is 11.5. The first-order valence-electron chi connectivity index (χ1n) is 7.78. The van der Waals surface area contributed by atoms with Crippen LogP contribution in [0.3, 0.4) is 0 Å². The predicted molar refractivity (Wildman–Crippen MR) is 94.4 cm³/mol. The lowest BCUT2D eigenvalue weighted by Crippen LogP contribution is -2.18. The van der Waals surface area contributed by atoms with Crippen LogP contribution in [0.2, 0.25) is 0 Å². The fraction of sp³-hybridized carbons (Fsp3) is 0.562. The van der Waals surface area contributed by atoms with Crippen LogP contribution in [0.25, 0.3) is 0 Å². The molecule has 1 rings (SSSR count). The molecule has 1 unspecified atom stereocenters. The summed E-state index contributed by atoms with van der Waals surface area (Å²) in [5.74, 6) is -0.573. The summed E-state index contributed by atoms with van der Waals surface area (Å²) in [4.78, 5) is 11.8. The van der Waals surface area contributed by atoms with Gasteiger partial charge in [0.1, 0.15) is 0 Å². The third kappa shape index (κ3) is 7.79. The second-order valence-corrected chi connectivity index (χ2v) is 8.44. The van der Waals surface area contributed by atoms with Crippen molar-refractivity contribution >= 4 is 25.3 Å². The monoisotopic (exact) mass is 378 g/mol. The first-order valence-corrected chi connectivity index (χ1v) is 10.7. The van der Waals surface area contributed by atoms with Crippen LogP contribution in [-0.2, 0) is 18.3 Å². The van der Waals surface area contributed by atoms with Gasteiger partial charge in [0.15, 0.2) is 0 Å². The minimum absolute atomic E-state index is 0.0230. The molecule has 0 spiro atoms. The molecular formula is C16H24FO5PS. The summed E-state index contributed by atoms with van der Waals surface area (Å²) in [5.41, 5.74) is 0.581. The maximum Gasteiger partial charge on any atom is 0.340 e. The van der Waals surface area contributed by atoms with E-state index in [2.05, 4.69) is 0 Å². The van der Waals surface area contributed by atoms with E-state index in [1.807, 2.05) is 0 Å². The van der Waals surface area contributed by atoms with Gasteiger partial charge in [-0.25, -0.2) is 4.79 Å². The van der Waals surface area contributed by atoms with Gasteiger partial charge in [-0.15, -0.1) is 11.8 Å². The summed E-state index contributed by atoms with van der Waals surface area (Å²) in [6.45, 7) is 3.42. The highest BCUT2D eigenvalue weighted by Gasteiger charge is 2.24. The quantitative estimate of drug-likeness (QED) is 0.397. The summed E-state index contributed by atoms with van der Waals surface area (Å²) >= 11 is 1.28. The number of carbonyl (C=O) groups excluding carboxylic acids is 1. The molecule has 1 aromatic rings. The van der Waals surface area contributed by atoms with Crippen molar-refractivity contribution in [3.8, 4) is 0 Å². The molecule has 5 nitrogen and oxygen atoms in total. The number of esters is 1. The normalized spacial score (nSPS) is 12.8. The molecule has 0 N–H and O–H groups in total. The van der Waals surface area contributed by atoms with Gasteiger partial charge in [0.25, 0.3) is 0 Å². The van der Waals surface area contributed by atoms with Gasteiger partial charge in [-0.1, -0.05) is 18.2 Å². The lowest BCUT2D eigenvalue weighted by molar-refractivity contribution is 0.0437. The number of alkyl halides is 1. The molecule has 0 saturated heterocycles. The van der Waals surface area contributed by atoms with Crippen LogP contribution in [0, 0.1) is 5.92 Å². The Kier molecular flexibility index (Phi) is 10.3. The van der Waals surface area contributed by atoms with Crippen molar-refractivity contribution < 1.29 is 27.5 Å². The zero-order valence-corrected chi connectivity index (χ0v) is 15.7. The zero-order valence-electron chi connectivity index (χ0n) is 14.0. The summed E-state index contributed by atoms with van der Waals surface area (Å²) in [6.07, 6.45) is 0. The Morgan fingerprint density at radius 3 is 2.38 bits per heavy atom. The molecule has 0 aromatic heterocycles. The van der Waals surface area contributed by atoms with Gasteiger partial charge < -0.3 is 13.8 Å². The number of hydrogen-bond acceptors (Lipinski definition) is 6. The standard InChI is InChI=1S/C16H24FO5PS/c1-3-21-23(19,22-4-2)13-24-12-14(10-17)11-20-16(18)15-8-6-5-7-9-15/h5-9,14H,3-4,10-13H2,1-2H3. The van der Waals surface area contributed by atoms with Crippen LogP contribution < -0.4 is 0 Å². The number of thioether (sulfide) groups is 1. The van der Waals surface area contributed by atoms with Crippen LogP contribution in [0.1, 0.15) is 24.2 Å². The molecule has 1 aromatic carbocycles. The molecule has 0 heterocycles. The lowest BCUT2D eigenvalue weighted by Gasteiger charge is -2.18. The number of carbonyl (C=O) groups is 1. The van der Waals surface area contributed by atoms with Gasteiger partial charge in [0.2, 0.25) is 0 Å². The summed E-state index contributed by atoms with van der Waals surface area (Å²) in [6, 6.07) is 8.55. The summed E-state index contributed by atoms with van der Waals surface area (Å²) in [7, 11) is -3.14. The van der Waals surface area contributed by atoms with E-state index in [1.165, 1.54) is 11.8 Å². The van der Waals surface area contributed by atoms with Gasteiger partial charge in [-0.3, -0.25) is 8.96 Å². The van der Waals surface area contributed by atoms with E-state index in [0.717, 1.165) is 0 Å². The minimum Gasteiger partial charge on any atom is -0.462 e. The highest BCUT2D eigenvalue weighted by atomic mass is 32.2. The van der Waals surface area contributed by atoms with E-state index in [-0.39, 0.29) is 12.1 Å². The van der Waals surface area contributed by atoms with E-state index < -0.39 is 26.2 Å². The SMILES string of the molecule is CCOP(=O)(CSCC(CF)COC(=O)c1ccccc1)OCC. The van der Waals surface area contributed by atoms with Gasteiger partial charge >= 0.3 is 13.6 Å². The number of hydrogen-bond donors (Lipinski definition) is 0. The maximum atomic E-state index is 13.1. The molecule has 0 aliphatic heterocycles. The fourth-order valence-electron chi connectivity index (χ4n) is 1.82. The number of rotatable bonds is 12. The molecule has 0 fully saturated rings. The average molecular weight is 378 g/mol. The fourth-order valence-corrected chi connectivity index (χ4v) is 5.12. The Morgan fingerprint density at radius 1 is 1.21 bits per heavy atom. The molecule has 0 aliphatic rings. The highest BCUT2D eigenvalue weighted by molar-refractivity contribution is 8.04. The van der Waals surface area contributed by atoms with Crippen molar-refractivity contribution in [3.05, 3.63) is 35.9 Å². The van der Waals surface area contributed by atoms with Crippen molar-refractivity contribution in [1.82, 2.24) is 0 Å². The molecule has 0 saturated carbocycles. The lowest BCUT2D eigenvalue weighted by atomic mass is 10.2. The summed E-state index contributed by atoms with van der Waals surface area (Å²) < 4.78 is 40.9. The average Bonchev–Trinajstić information content (AvgIpc) is 2.58. The summed E-state index contributed by atoms with van der Waals surface area (Å²) in [5, 5.41) is 0. The van der Waals surface area contributed by atoms with E-state index in [1.54, 1.807) is 44.2 Å². The van der Waals surface area contributed by atoms with Crippen LogP contribution >= 0.6 is 19.4 Å². The van der Waals surface area contributed by atoms with Crippen molar-refractivity contribution in [3.63, 3.8) is 0 Å². The van der Waals surface area contributed by atoms with Gasteiger partial charge in [0, 0.05) is 11.7 Å². The molecule has 24 heavy (non-hydrogen) atoms. The number of benzene rings is 1. The van der Waals surface area contributed by atoms with Crippen LogP contribution in [-0.4, -0.2) is 43.7 Å². The van der Waals surface area contributed by atoms with Crippen LogP contribution in [0.5, 0.6) is 0 Å². The van der Waals surface area contributed by atoms with Crippen molar-refractivity contribution in [2.45, 2.75) is 13.8 Å². The topological polar surface area (TPSA) is 61.8 Å². The predicted octanol–water partition coefficient (Wildman–Crippen LogP) is 4.39. The Labute approximate surface area is 146 Å². The molecule has 136 valence electrons. The van der Waals surface area contributed by atoms with Gasteiger partial charge in [0.05, 0.1) is 37.6 Å². The first kappa shape index (κ1) is 21.2. The van der Waals surface area contributed by atoms with Crippen molar-refractivity contribution in [2.75, 3.05) is 37.7 Å². The Morgan fingerprint density at radius 2 is 1.83 bits per heavy atom. The Balaban J connectivity index is 2.39. The van der Waals surface area contributed by atoms with Gasteiger partial charge in [-0.05, 0) is 26.0 Å². The van der Waals surface area contributed by atoms with Crippen molar-refractivity contribution in [1.29, 1.82) is 0 Å². The second-order valence-electron chi connectivity index (χ2n) is 4.93. The Hall–Kier alpha value is -0.880. The zero-order chi connectivity index (χ0) is 17.8. The largest absolute Gasteiger partial charge is 0.462 e. The maximum absolute atomic E-state index is 13.1. The Bertz CT molecular complexity index is 518. The molecule has 0 amide bonds. The minimum atomic E-state index is -3.14. The van der Waals surface area contributed by atoms with E-state index in [0.29, 0.717) is 24.5 Å². The molecule has 0 aliphatic carbocycles.